The van der Waals surface area contributed by atoms with Crippen LogP contribution in [0.2, 0.25) is 0 Å². The molecule has 0 spiro atoms. The first-order valence-electron chi connectivity index (χ1n) is 15.9. The van der Waals surface area contributed by atoms with Crippen molar-refractivity contribution in [1.82, 2.24) is 0 Å². The van der Waals surface area contributed by atoms with Gasteiger partial charge < -0.3 is 19.7 Å². The largest absolute Gasteiger partial charge is 0.463 e. The number of carbonyl (C=O) groups is 2. The van der Waals surface area contributed by atoms with Gasteiger partial charge in [-0.1, -0.05) is 46.8 Å². The lowest BCUT2D eigenvalue weighted by molar-refractivity contribution is -0.252. The summed E-state index contributed by atoms with van der Waals surface area (Å²) in [5, 5.41) is 18.7. The van der Waals surface area contributed by atoms with Gasteiger partial charge in [-0.3, -0.25) is 0 Å². The Hall–Kier alpha value is -1.40. The summed E-state index contributed by atoms with van der Waals surface area (Å²) in [6, 6.07) is 0. The average Bonchev–Trinajstić information content (AvgIpc) is 3.29. The van der Waals surface area contributed by atoms with E-state index in [4.69, 9.17) is 9.47 Å². The van der Waals surface area contributed by atoms with E-state index >= 15 is 0 Å². The van der Waals surface area contributed by atoms with Crippen LogP contribution in [0.25, 0.3) is 0 Å². The highest BCUT2D eigenvalue weighted by Gasteiger charge is 2.71. The molecule has 0 aromatic rings. The first-order chi connectivity index (χ1) is 18.7. The predicted molar refractivity (Wildman–Crippen MR) is 154 cm³/mol. The van der Waals surface area contributed by atoms with E-state index in [0.717, 1.165) is 44.9 Å². The van der Waals surface area contributed by atoms with Crippen LogP contribution in [-0.4, -0.2) is 48.1 Å². The van der Waals surface area contributed by atoms with Crippen LogP contribution in [0.3, 0.4) is 0 Å². The van der Waals surface area contributed by atoms with Crippen molar-refractivity contribution in [3.8, 4) is 0 Å². The van der Waals surface area contributed by atoms with Crippen LogP contribution in [0.4, 0.5) is 0 Å². The molecule has 0 amide bonds. The average molecular weight is 559 g/mol. The van der Waals surface area contributed by atoms with E-state index in [1.54, 1.807) is 0 Å². The number of ether oxygens (including phenoxy) is 2. The zero-order valence-electron chi connectivity index (χ0n) is 25.9. The van der Waals surface area contributed by atoms with Crippen LogP contribution < -0.4 is 0 Å². The van der Waals surface area contributed by atoms with E-state index in [9.17, 15) is 19.8 Å². The third kappa shape index (κ3) is 4.16. The highest BCUT2D eigenvalue weighted by Crippen LogP contribution is 2.77. The lowest BCUT2D eigenvalue weighted by atomic mass is 9.32. The molecule has 10 atom stereocenters. The van der Waals surface area contributed by atoms with Crippen LogP contribution in [0, 0.1) is 56.7 Å². The second kappa shape index (κ2) is 10.1. The molecule has 0 radical (unpaired) electrons. The Kier molecular flexibility index (Phi) is 7.60. The Labute approximate surface area is 241 Å². The maximum Gasteiger partial charge on any atom is 0.332 e. The fourth-order valence-corrected chi connectivity index (χ4v) is 12.2. The zero-order chi connectivity index (χ0) is 29.3. The Morgan fingerprint density at radius 3 is 2.15 bits per heavy atom. The monoisotopic (exact) mass is 558 g/mol. The molecular weight excluding hydrogens is 504 g/mol. The van der Waals surface area contributed by atoms with Crippen LogP contribution in [0.5, 0.6) is 0 Å². The lowest BCUT2D eigenvalue weighted by Gasteiger charge is -2.73. The number of carbonyl (C=O) groups excluding carboxylic acids is 2. The van der Waals surface area contributed by atoms with Crippen molar-refractivity contribution in [1.29, 1.82) is 0 Å². The third-order valence-corrected chi connectivity index (χ3v) is 14.2. The number of fused-ring (bicyclic) bond motifs is 7. The second-order valence-electron chi connectivity index (χ2n) is 15.9. The molecular formula is C34H54O6. The minimum Gasteiger partial charge on any atom is -0.463 e. The van der Waals surface area contributed by atoms with Crippen molar-refractivity contribution in [2.75, 3.05) is 19.8 Å². The van der Waals surface area contributed by atoms with Gasteiger partial charge in [0.2, 0.25) is 0 Å². The van der Waals surface area contributed by atoms with Crippen LogP contribution >= 0.6 is 0 Å². The molecule has 0 aromatic heterocycles. The van der Waals surface area contributed by atoms with Crippen molar-refractivity contribution < 1.29 is 29.3 Å². The fourth-order valence-electron chi connectivity index (χ4n) is 12.2. The van der Waals surface area contributed by atoms with Crippen molar-refractivity contribution in [2.24, 2.45) is 56.7 Å². The Morgan fingerprint density at radius 2 is 1.50 bits per heavy atom. The standard InChI is InChI=1S/C34H54O6/c1-21(2)22-10-15-34(20-39-27(37)18-35)17-16-32(6)23(29(22)34)8-9-25-31(5)13-12-26(40-28(38)19-36)30(3,4)24(31)11-14-33(25,32)7/h22-26,29,35-36H,1,8-20H2,2-7H3/t22-,23+,24-,25+,26-,29+,31-,32+,33+,34+/m0/s1. The topological polar surface area (TPSA) is 93.1 Å². The van der Waals surface area contributed by atoms with Gasteiger partial charge in [0.25, 0.3) is 0 Å². The normalized spacial score (nSPS) is 47.2. The van der Waals surface area contributed by atoms with Gasteiger partial charge in [-0.15, -0.1) is 0 Å². The summed E-state index contributed by atoms with van der Waals surface area (Å²) in [5.41, 5.74) is 1.71. The van der Waals surface area contributed by atoms with E-state index < -0.39 is 25.2 Å². The molecule has 5 aliphatic rings. The van der Waals surface area contributed by atoms with Gasteiger partial charge in [0.15, 0.2) is 0 Å². The lowest BCUT2D eigenvalue weighted by Crippen LogP contribution is -2.67. The maximum absolute atomic E-state index is 12.1. The quantitative estimate of drug-likeness (QED) is 0.303. The summed E-state index contributed by atoms with van der Waals surface area (Å²) in [6.07, 6.45) is 10.9. The summed E-state index contributed by atoms with van der Waals surface area (Å²) >= 11 is 0. The van der Waals surface area contributed by atoms with Gasteiger partial charge in [-0.25, -0.2) is 9.59 Å². The van der Waals surface area contributed by atoms with Crippen molar-refractivity contribution in [3.63, 3.8) is 0 Å². The highest BCUT2D eigenvalue weighted by molar-refractivity contribution is 5.70. The van der Waals surface area contributed by atoms with Gasteiger partial charge in [-0.05, 0) is 117 Å². The van der Waals surface area contributed by atoms with Crippen molar-refractivity contribution >= 4 is 11.9 Å². The first-order valence-corrected chi connectivity index (χ1v) is 15.9. The Morgan fingerprint density at radius 1 is 0.800 bits per heavy atom. The summed E-state index contributed by atoms with van der Waals surface area (Å²) in [4.78, 5) is 24.1. The number of allylic oxidation sites excluding steroid dienone is 1. The van der Waals surface area contributed by atoms with E-state index in [1.165, 1.54) is 24.8 Å². The molecule has 6 nitrogen and oxygen atoms in total. The first kappa shape index (κ1) is 30.1. The van der Waals surface area contributed by atoms with Gasteiger partial charge in [0.1, 0.15) is 19.3 Å². The van der Waals surface area contributed by atoms with E-state index in [2.05, 4.69) is 48.1 Å². The van der Waals surface area contributed by atoms with E-state index in [-0.39, 0.29) is 33.2 Å². The molecule has 0 bridgehead atoms. The molecule has 2 N–H and O–H groups in total. The Bertz CT molecular complexity index is 1040. The second-order valence-corrected chi connectivity index (χ2v) is 15.9. The van der Waals surface area contributed by atoms with E-state index in [1.807, 2.05) is 0 Å². The SMILES string of the molecule is C=C(C)[C@@H]1CC[C@]2(COC(=O)CO)CC[C@]3(C)[C@H](CC[C@@H]4[C@@]5(C)CC[C@H](OC(=O)CO)C(C)(C)[C@@H]5CC[C@]43C)[C@@H]12. The van der Waals surface area contributed by atoms with Crippen molar-refractivity contribution in [3.05, 3.63) is 12.2 Å². The smallest absolute Gasteiger partial charge is 0.332 e. The summed E-state index contributed by atoms with van der Waals surface area (Å²) in [6.45, 7) is 18.3. The van der Waals surface area contributed by atoms with Crippen LogP contribution in [-0.2, 0) is 19.1 Å². The van der Waals surface area contributed by atoms with Crippen LogP contribution in [0.1, 0.15) is 106 Å². The number of hydrogen-bond acceptors (Lipinski definition) is 6. The molecule has 226 valence electrons. The summed E-state index contributed by atoms with van der Waals surface area (Å²) in [5.74, 6) is 1.55. The van der Waals surface area contributed by atoms with Gasteiger partial charge in [0.05, 0.1) is 6.61 Å². The summed E-state index contributed by atoms with van der Waals surface area (Å²) in [7, 11) is 0. The van der Waals surface area contributed by atoms with E-state index in [0.29, 0.717) is 36.2 Å². The zero-order valence-corrected chi connectivity index (χ0v) is 25.9. The molecule has 0 heterocycles. The molecule has 40 heavy (non-hydrogen) atoms. The van der Waals surface area contributed by atoms with Crippen LogP contribution in [0.15, 0.2) is 12.2 Å². The molecule has 0 aromatic carbocycles. The third-order valence-electron chi connectivity index (χ3n) is 14.2. The molecule has 5 rings (SSSR count). The molecule has 0 unspecified atom stereocenters. The molecule has 0 saturated heterocycles. The maximum atomic E-state index is 12.1. The van der Waals surface area contributed by atoms with Gasteiger partial charge in [0, 0.05) is 10.8 Å². The molecule has 0 aliphatic heterocycles. The fraction of sp³-hybridized carbons (Fsp3) is 0.882. The molecule has 5 aliphatic carbocycles. The van der Waals surface area contributed by atoms with Gasteiger partial charge >= 0.3 is 11.9 Å². The predicted octanol–water partition coefficient (Wildman–Crippen LogP) is 6.08. The van der Waals surface area contributed by atoms with Gasteiger partial charge in [-0.2, -0.15) is 0 Å². The minimum atomic E-state index is -0.554. The molecule has 5 fully saturated rings. The highest BCUT2D eigenvalue weighted by atomic mass is 16.6. The molecule has 5 saturated carbocycles. The minimum absolute atomic E-state index is 0.0143. The number of hydrogen-bond donors (Lipinski definition) is 2. The number of rotatable bonds is 6. The number of esters is 2. The number of aliphatic hydroxyl groups is 2. The molecule has 6 heteroatoms. The Balaban J connectivity index is 1.47. The summed E-state index contributed by atoms with van der Waals surface area (Å²) < 4.78 is 11.5. The van der Waals surface area contributed by atoms with Crippen molar-refractivity contribution in [2.45, 2.75) is 112 Å². The number of aliphatic hydroxyl groups excluding tert-OH is 2.